The summed E-state index contributed by atoms with van der Waals surface area (Å²) in [7, 11) is 0. The number of aryl methyl sites for hydroxylation is 1. The summed E-state index contributed by atoms with van der Waals surface area (Å²) >= 11 is 5.71. The van der Waals surface area contributed by atoms with Crippen LogP contribution >= 0.6 is 11.6 Å². The molecular weight excluding hydrogens is 392 g/mol. The average Bonchev–Trinajstić information content (AvgIpc) is 3.33. The number of hydrogen-bond donors (Lipinski definition) is 1. The summed E-state index contributed by atoms with van der Waals surface area (Å²) in [5.74, 6) is 1.53. The lowest BCUT2D eigenvalue weighted by molar-refractivity contribution is -0.118. The van der Waals surface area contributed by atoms with Crippen LogP contribution in [0.5, 0.6) is 0 Å². The minimum atomic E-state index is 0.308. The standard InChI is InChI=1S/C11H9ClN4O.C9H12N2O/c1-6-4-9(13)16-10(5-6)14-11(15-16)7-2-3-8(12)17-7;1-2-11(8-12)7-9-3-5-10-6-4-9/h2-5H,13H2,1H3;3-6,8H,2,7H2,1H3. The van der Waals surface area contributed by atoms with Crippen LogP contribution in [0, 0.1) is 6.92 Å². The summed E-state index contributed by atoms with van der Waals surface area (Å²) in [5, 5.41) is 4.57. The zero-order chi connectivity index (χ0) is 20.8. The fraction of sp³-hybridized carbons (Fsp3) is 0.200. The monoisotopic (exact) mass is 412 g/mol. The Bertz CT molecular complexity index is 1090. The minimum absolute atomic E-state index is 0.308. The molecule has 0 fully saturated rings. The van der Waals surface area contributed by atoms with Crippen LogP contribution in [-0.2, 0) is 11.3 Å². The Labute approximate surface area is 172 Å². The molecule has 0 aliphatic heterocycles. The van der Waals surface area contributed by atoms with E-state index in [0.717, 1.165) is 24.1 Å². The number of carbonyl (C=O) groups excluding carboxylic acids is 1. The first-order valence-corrected chi connectivity index (χ1v) is 9.34. The number of halogens is 1. The largest absolute Gasteiger partial charge is 0.441 e. The van der Waals surface area contributed by atoms with Crippen LogP contribution in [0.1, 0.15) is 18.1 Å². The van der Waals surface area contributed by atoms with Crippen LogP contribution in [0.25, 0.3) is 17.2 Å². The predicted molar refractivity (Wildman–Crippen MR) is 111 cm³/mol. The van der Waals surface area contributed by atoms with Gasteiger partial charge in [0, 0.05) is 25.5 Å². The van der Waals surface area contributed by atoms with Gasteiger partial charge >= 0.3 is 0 Å². The van der Waals surface area contributed by atoms with E-state index in [-0.39, 0.29) is 0 Å². The van der Waals surface area contributed by atoms with Crippen molar-refractivity contribution in [1.82, 2.24) is 24.5 Å². The van der Waals surface area contributed by atoms with Crippen LogP contribution in [0.2, 0.25) is 5.22 Å². The van der Waals surface area contributed by atoms with Crippen molar-refractivity contribution in [3.8, 4) is 11.6 Å². The molecule has 150 valence electrons. The van der Waals surface area contributed by atoms with E-state index in [4.69, 9.17) is 21.8 Å². The SMILES string of the molecule is CCN(C=O)Cc1ccncc1.Cc1cc(N)n2nc(-c3ccc(Cl)o3)nc2c1. The van der Waals surface area contributed by atoms with Gasteiger partial charge in [0.05, 0.1) is 0 Å². The second-order valence-electron chi connectivity index (χ2n) is 6.29. The van der Waals surface area contributed by atoms with E-state index >= 15 is 0 Å². The number of furan rings is 1. The van der Waals surface area contributed by atoms with E-state index in [0.29, 0.717) is 34.8 Å². The van der Waals surface area contributed by atoms with Crippen molar-refractivity contribution in [2.75, 3.05) is 12.3 Å². The number of hydrogen-bond acceptors (Lipinski definition) is 6. The summed E-state index contributed by atoms with van der Waals surface area (Å²) < 4.78 is 6.82. The molecule has 0 saturated carbocycles. The number of nitrogen functional groups attached to an aromatic ring is 1. The quantitative estimate of drug-likeness (QED) is 0.502. The highest BCUT2D eigenvalue weighted by Gasteiger charge is 2.11. The van der Waals surface area contributed by atoms with Gasteiger partial charge in [0.1, 0.15) is 5.82 Å². The molecule has 9 heteroatoms. The van der Waals surface area contributed by atoms with Crippen molar-refractivity contribution in [3.63, 3.8) is 0 Å². The van der Waals surface area contributed by atoms with Gasteiger partial charge in [-0.25, -0.2) is 4.98 Å². The zero-order valence-corrected chi connectivity index (χ0v) is 16.9. The molecule has 0 saturated heterocycles. The lowest BCUT2D eigenvalue weighted by Crippen LogP contribution is -2.20. The Morgan fingerprint density at radius 2 is 2.00 bits per heavy atom. The normalized spacial score (nSPS) is 10.4. The van der Waals surface area contributed by atoms with Crippen LogP contribution in [0.15, 0.2) is 53.2 Å². The Hall–Kier alpha value is -3.39. The molecule has 4 heterocycles. The maximum atomic E-state index is 10.5. The number of rotatable bonds is 5. The minimum Gasteiger partial charge on any atom is -0.441 e. The summed E-state index contributed by atoms with van der Waals surface area (Å²) in [6.07, 6.45) is 4.32. The van der Waals surface area contributed by atoms with Gasteiger partial charge in [-0.05, 0) is 73.0 Å². The first-order chi connectivity index (χ1) is 14.0. The molecule has 8 nitrogen and oxygen atoms in total. The molecular formula is C20H21ClN6O2. The smallest absolute Gasteiger partial charge is 0.218 e. The molecule has 0 bridgehead atoms. The van der Waals surface area contributed by atoms with Crippen LogP contribution in [-0.4, -0.2) is 37.4 Å². The van der Waals surface area contributed by atoms with Crippen LogP contribution < -0.4 is 5.73 Å². The molecule has 4 aromatic heterocycles. The van der Waals surface area contributed by atoms with Gasteiger partial charge in [0.2, 0.25) is 12.2 Å². The molecule has 0 aromatic carbocycles. The van der Waals surface area contributed by atoms with E-state index in [9.17, 15) is 4.79 Å². The number of pyridine rings is 2. The first-order valence-electron chi connectivity index (χ1n) is 8.97. The molecule has 0 aliphatic rings. The molecule has 2 N–H and O–H groups in total. The second-order valence-corrected chi connectivity index (χ2v) is 6.66. The molecule has 4 aromatic rings. The van der Waals surface area contributed by atoms with Crippen molar-refractivity contribution in [2.45, 2.75) is 20.4 Å². The maximum Gasteiger partial charge on any atom is 0.218 e. The lowest BCUT2D eigenvalue weighted by Gasteiger charge is -2.13. The Morgan fingerprint density at radius 3 is 2.62 bits per heavy atom. The van der Waals surface area contributed by atoms with Crippen molar-refractivity contribution in [1.29, 1.82) is 0 Å². The Balaban J connectivity index is 0.000000177. The van der Waals surface area contributed by atoms with Gasteiger partial charge < -0.3 is 15.1 Å². The van der Waals surface area contributed by atoms with Gasteiger partial charge in [-0.3, -0.25) is 9.78 Å². The highest BCUT2D eigenvalue weighted by atomic mass is 35.5. The van der Waals surface area contributed by atoms with Crippen LogP contribution in [0.4, 0.5) is 5.82 Å². The van der Waals surface area contributed by atoms with E-state index in [1.807, 2.05) is 38.1 Å². The molecule has 0 unspecified atom stereocenters. The topological polar surface area (TPSA) is 103 Å². The summed E-state index contributed by atoms with van der Waals surface area (Å²) in [4.78, 5) is 20.4. The Kier molecular flexibility index (Phi) is 6.46. The second kappa shape index (κ2) is 9.20. The summed E-state index contributed by atoms with van der Waals surface area (Å²) in [6.45, 7) is 5.32. The van der Waals surface area contributed by atoms with Gasteiger partial charge in [0.25, 0.3) is 0 Å². The summed E-state index contributed by atoms with van der Waals surface area (Å²) in [6, 6.07) is 10.9. The maximum absolute atomic E-state index is 10.5. The van der Waals surface area contributed by atoms with Gasteiger partial charge in [-0.15, -0.1) is 5.10 Å². The van der Waals surface area contributed by atoms with E-state index in [1.165, 1.54) is 0 Å². The van der Waals surface area contributed by atoms with Crippen LogP contribution in [0.3, 0.4) is 0 Å². The Morgan fingerprint density at radius 1 is 1.24 bits per heavy atom. The van der Waals surface area contributed by atoms with E-state index < -0.39 is 0 Å². The van der Waals surface area contributed by atoms with Crippen molar-refractivity contribution >= 4 is 29.5 Å². The fourth-order valence-electron chi connectivity index (χ4n) is 2.63. The van der Waals surface area contributed by atoms with Gasteiger partial charge in [0.15, 0.2) is 16.6 Å². The molecule has 1 amide bonds. The highest BCUT2D eigenvalue weighted by Crippen LogP contribution is 2.23. The molecule has 0 radical (unpaired) electrons. The third-order valence-electron chi connectivity index (χ3n) is 4.09. The molecule has 0 aliphatic carbocycles. The first kappa shape index (κ1) is 20.3. The third kappa shape index (κ3) is 5.11. The summed E-state index contributed by atoms with van der Waals surface area (Å²) in [5.41, 5.74) is 8.69. The third-order valence-corrected chi connectivity index (χ3v) is 4.30. The number of aromatic nitrogens is 4. The number of carbonyl (C=O) groups is 1. The number of nitrogens with zero attached hydrogens (tertiary/aromatic N) is 5. The van der Waals surface area contributed by atoms with Gasteiger partial charge in [-0.2, -0.15) is 4.52 Å². The van der Waals surface area contributed by atoms with Crippen molar-refractivity contribution < 1.29 is 9.21 Å². The molecule has 4 rings (SSSR count). The van der Waals surface area contributed by atoms with E-state index in [2.05, 4.69) is 15.1 Å². The number of anilines is 1. The number of nitrogens with two attached hydrogens (primary N) is 1. The molecule has 0 spiro atoms. The number of fused-ring (bicyclic) bond motifs is 1. The average molecular weight is 413 g/mol. The van der Waals surface area contributed by atoms with Gasteiger partial charge in [-0.1, -0.05) is 0 Å². The molecule has 29 heavy (non-hydrogen) atoms. The zero-order valence-electron chi connectivity index (χ0n) is 16.1. The lowest BCUT2D eigenvalue weighted by atomic mass is 10.2. The van der Waals surface area contributed by atoms with E-state index in [1.54, 1.807) is 33.9 Å². The number of amides is 1. The van der Waals surface area contributed by atoms with Crippen molar-refractivity contribution in [3.05, 3.63) is 65.1 Å². The van der Waals surface area contributed by atoms with Crippen molar-refractivity contribution in [2.24, 2.45) is 0 Å². The fourth-order valence-corrected chi connectivity index (χ4v) is 2.78. The predicted octanol–water partition coefficient (Wildman–Crippen LogP) is 3.59. The molecule has 0 atom stereocenters. The highest BCUT2D eigenvalue weighted by molar-refractivity contribution is 6.28.